The van der Waals surface area contributed by atoms with E-state index < -0.39 is 6.10 Å². The average Bonchev–Trinajstić information content (AvgIpc) is 2.27. The Morgan fingerprint density at radius 2 is 2.12 bits per heavy atom. The molecular formula is C11H11ClN2O2. The number of halogens is 1. The number of benzene rings is 1. The molecular weight excluding hydrogens is 228 g/mol. The summed E-state index contributed by atoms with van der Waals surface area (Å²) in [7, 11) is 1.54. The number of aliphatic hydroxyl groups is 1. The van der Waals surface area contributed by atoms with Crippen LogP contribution in [0.5, 0.6) is 5.88 Å². The maximum absolute atomic E-state index is 9.68. The van der Waals surface area contributed by atoms with Gasteiger partial charge in [-0.1, -0.05) is 11.6 Å². The largest absolute Gasteiger partial charge is 0.480 e. The zero-order chi connectivity index (χ0) is 11.7. The van der Waals surface area contributed by atoms with E-state index in [-0.39, 0.29) is 0 Å². The molecule has 2 rings (SSSR count). The van der Waals surface area contributed by atoms with Gasteiger partial charge in [0.1, 0.15) is 6.33 Å². The Morgan fingerprint density at radius 1 is 1.38 bits per heavy atom. The third-order valence-electron chi connectivity index (χ3n) is 2.37. The highest BCUT2D eigenvalue weighted by Crippen LogP contribution is 2.32. The van der Waals surface area contributed by atoms with Crippen LogP contribution in [-0.4, -0.2) is 22.2 Å². The van der Waals surface area contributed by atoms with Crippen molar-refractivity contribution in [2.45, 2.75) is 13.0 Å². The molecule has 0 aliphatic rings. The number of aromatic nitrogens is 2. The first-order chi connectivity index (χ1) is 7.65. The molecule has 1 atom stereocenters. The van der Waals surface area contributed by atoms with Crippen LogP contribution in [-0.2, 0) is 0 Å². The predicted molar refractivity (Wildman–Crippen MR) is 61.7 cm³/mol. The summed E-state index contributed by atoms with van der Waals surface area (Å²) in [5.41, 5.74) is 1.22. The van der Waals surface area contributed by atoms with Gasteiger partial charge < -0.3 is 9.84 Å². The highest BCUT2D eigenvalue weighted by Gasteiger charge is 2.14. The molecule has 0 aliphatic carbocycles. The normalized spacial score (nSPS) is 12.8. The van der Waals surface area contributed by atoms with Crippen molar-refractivity contribution < 1.29 is 9.84 Å². The van der Waals surface area contributed by atoms with Crippen molar-refractivity contribution in [1.29, 1.82) is 0 Å². The maximum Gasteiger partial charge on any atom is 0.224 e. The molecule has 0 saturated carbocycles. The minimum atomic E-state index is -0.684. The Hall–Kier alpha value is -1.39. The number of methoxy groups -OCH3 is 1. The van der Waals surface area contributed by atoms with Gasteiger partial charge in [0.05, 0.1) is 24.1 Å². The average molecular weight is 239 g/mol. The van der Waals surface area contributed by atoms with Gasteiger partial charge in [-0.25, -0.2) is 9.97 Å². The van der Waals surface area contributed by atoms with Gasteiger partial charge in [0, 0.05) is 10.6 Å². The van der Waals surface area contributed by atoms with Crippen LogP contribution in [0.2, 0.25) is 5.02 Å². The highest BCUT2D eigenvalue weighted by atomic mass is 35.5. The summed E-state index contributed by atoms with van der Waals surface area (Å²) in [5.74, 6) is 0.476. The van der Waals surface area contributed by atoms with Gasteiger partial charge in [-0.2, -0.15) is 0 Å². The minimum absolute atomic E-state index is 0.476. The fourth-order valence-electron chi connectivity index (χ4n) is 1.66. The second-order valence-corrected chi connectivity index (χ2v) is 3.82. The minimum Gasteiger partial charge on any atom is -0.480 e. The fraction of sp³-hybridized carbons (Fsp3) is 0.273. The number of aliphatic hydroxyl groups excluding tert-OH is 1. The molecule has 2 aromatic rings. The Bertz CT molecular complexity index is 529. The molecule has 1 aromatic carbocycles. The lowest BCUT2D eigenvalue weighted by atomic mass is 10.1. The van der Waals surface area contributed by atoms with Crippen molar-refractivity contribution in [1.82, 2.24) is 9.97 Å². The molecule has 1 N–H and O–H groups in total. The van der Waals surface area contributed by atoms with Gasteiger partial charge in [0.2, 0.25) is 5.88 Å². The summed E-state index contributed by atoms with van der Waals surface area (Å²) < 4.78 is 5.13. The van der Waals surface area contributed by atoms with Crippen LogP contribution >= 0.6 is 11.6 Å². The molecule has 84 valence electrons. The Kier molecular flexibility index (Phi) is 2.94. The molecule has 0 fully saturated rings. The van der Waals surface area contributed by atoms with Gasteiger partial charge in [-0.3, -0.25) is 0 Å². The monoisotopic (exact) mass is 238 g/mol. The lowest BCUT2D eigenvalue weighted by Gasteiger charge is -2.11. The van der Waals surface area contributed by atoms with E-state index in [1.54, 1.807) is 26.2 Å². The first-order valence-corrected chi connectivity index (χ1v) is 5.18. The van der Waals surface area contributed by atoms with E-state index in [1.807, 2.05) is 0 Å². The summed E-state index contributed by atoms with van der Waals surface area (Å²) in [6.07, 6.45) is 0.708. The molecule has 0 radical (unpaired) electrons. The predicted octanol–water partition coefficient (Wildman–Crippen LogP) is 2.35. The zero-order valence-corrected chi connectivity index (χ0v) is 9.69. The van der Waals surface area contributed by atoms with Crippen LogP contribution < -0.4 is 4.74 Å². The lowest BCUT2D eigenvalue weighted by Crippen LogP contribution is -1.98. The summed E-state index contributed by atoms with van der Waals surface area (Å²) in [4.78, 5) is 8.13. The van der Waals surface area contributed by atoms with Gasteiger partial charge in [-0.15, -0.1) is 0 Å². The molecule has 0 saturated heterocycles. The Morgan fingerprint density at radius 3 is 2.75 bits per heavy atom. The first kappa shape index (κ1) is 11.1. The number of rotatable bonds is 2. The third-order valence-corrected chi connectivity index (χ3v) is 2.70. The molecule has 0 amide bonds. The molecule has 0 aliphatic heterocycles. The summed E-state index contributed by atoms with van der Waals surface area (Å²) in [5, 5.41) is 10.9. The molecule has 1 unspecified atom stereocenters. The van der Waals surface area contributed by atoms with Crippen LogP contribution in [0.1, 0.15) is 18.6 Å². The van der Waals surface area contributed by atoms with Crippen LogP contribution in [0.25, 0.3) is 10.9 Å². The molecule has 4 nitrogen and oxygen atoms in total. The second-order valence-electron chi connectivity index (χ2n) is 3.42. The smallest absolute Gasteiger partial charge is 0.224 e. The number of hydrogen-bond acceptors (Lipinski definition) is 4. The molecule has 16 heavy (non-hydrogen) atoms. The summed E-state index contributed by atoms with van der Waals surface area (Å²) in [6, 6.07) is 3.49. The van der Waals surface area contributed by atoms with E-state index in [0.717, 1.165) is 5.39 Å². The number of fused-ring (bicyclic) bond motifs is 1. The van der Waals surface area contributed by atoms with Gasteiger partial charge in [-0.05, 0) is 19.1 Å². The van der Waals surface area contributed by atoms with Crippen molar-refractivity contribution in [2.75, 3.05) is 7.11 Å². The topological polar surface area (TPSA) is 55.2 Å². The fourth-order valence-corrected chi connectivity index (χ4v) is 1.97. The van der Waals surface area contributed by atoms with E-state index in [1.165, 1.54) is 6.33 Å². The molecule has 0 spiro atoms. The van der Waals surface area contributed by atoms with E-state index in [2.05, 4.69) is 9.97 Å². The Labute approximate surface area is 97.9 Å². The van der Waals surface area contributed by atoms with Gasteiger partial charge >= 0.3 is 0 Å². The second kappa shape index (κ2) is 4.23. The SMILES string of the molecule is COc1ncnc2c(C(C)O)c(Cl)ccc12. The van der Waals surface area contributed by atoms with Crippen molar-refractivity contribution in [3.63, 3.8) is 0 Å². The molecule has 0 bridgehead atoms. The third kappa shape index (κ3) is 1.70. The van der Waals surface area contributed by atoms with Crippen LogP contribution in [0.4, 0.5) is 0 Å². The van der Waals surface area contributed by atoms with Crippen LogP contribution in [0.15, 0.2) is 18.5 Å². The van der Waals surface area contributed by atoms with Crippen LogP contribution in [0.3, 0.4) is 0 Å². The van der Waals surface area contributed by atoms with Crippen molar-refractivity contribution in [2.24, 2.45) is 0 Å². The van der Waals surface area contributed by atoms with Crippen LogP contribution in [0, 0.1) is 0 Å². The van der Waals surface area contributed by atoms with Gasteiger partial charge in [0.25, 0.3) is 0 Å². The number of ether oxygens (including phenoxy) is 1. The quantitative estimate of drug-likeness (QED) is 0.873. The standard InChI is InChI=1S/C11H11ClN2O2/c1-6(15)9-8(12)4-3-7-10(9)13-5-14-11(7)16-2/h3-6,15H,1-2H3. The number of nitrogens with zero attached hydrogens (tertiary/aromatic N) is 2. The highest BCUT2D eigenvalue weighted by molar-refractivity contribution is 6.32. The zero-order valence-electron chi connectivity index (χ0n) is 8.94. The Balaban J connectivity index is 2.83. The van der Waals surface area contributed by atoms with E-state index in [9.17, 15) is 5.11 Å². The van der Waals surface area contributed by atoms with E-state index in [4.69, 9.17) is 16.3 Å². The molecule has 5 heteroatoms. The maximum atomic E-state index is 9.68. The summed E-state index contributed by atoms with van der Waals surface area (Å²) >= 11 is 6.03. The molecule has 1 aromatic heterocycles. The van der Waals surface area contributed by atoms with Crippen molar-refractivity contribution >= 4 is 22.5 Å². The van der Waals surface area contributed by atoms with Gasteiger partial charge in [0.15, 0.2) is 0 Å². The van der Waals surface area contributed by atoms with Crippen molar-refractivity contribution in [3.8, 4) is 5.88 Å². The lowest BCUT2D eigenvalue weighted by molar-refractivity contribution is 0.201. The summed E-state index contributed by atoms with van der Waals surface area (Å²) in [6.45, 7) is 1.65. The molecule has 1 heterocycles. The van der Waals surface area contributed by atoms with E-state index in [0.29, 0.717) is 22.0 Å². The van der Waals surface area contributed by atoms with Crippen molar-refractivity contribution in [3.05, 3.63) is 29.0 Å². The first-order valence-electron chi connectivity index (χ1n) is 4.80. The van der Waals surface area contributed by atoms with E-state index >= 15 is 0 Å². The number of hydrogen-bond donors (Lipinski definition) is 1.